The van der Waals surface area contributed by atoms with Gasteiger partial charge in [0, 0.05) is 13.1 Å². The van der Waals surface area contributed by atoms with E-state index in [2.05, 4.69) is 20.8 Å². The molecule has 1 aromatic heterocycles. The lowest BCUT2D eigenvalue weighted by Gasteiger charge is -2.18. The van der Waals surface area contributed by atoms with Gasteiger partial charge in [0.1, 0.15) is 0 Å². The number of nitrogens with zero attached hydrogens (tertiary/aromatic N) is 4. The zero-order valence-corrected chi connectivity index (χ0v) is 8.35. The Bertz CT molecular complexity index is 296. The quantitative estimate of drug-likeness (QED) is 0.696. The third-order valence-corrected chi connectivity index (χ3v) is 2.90. The van der Waals surface area contributed by atoms with Crippen molar-refractivity contribution in [3.8, 4) is 0 Å². The zero-order valence-electron chi connectivity index (χ0n) is 8.35. The average Bonchev–Trinajstić information content (AvgIpc) is 2.77. The van der Waals surface area contributed by atoms with Crippen molar-refractivity contribution in [2.24, 2.45) is 18.7 Å². The van der Waals surface area contributed by atoms with Crippen molar-refractivity contribution in [3.63, 3.8) is 0 Å². The lowest BCUT2D eigenvalue weighted by atomic mass is 10.0. The van der Waals surface area contributed by atoms with Crippen LogP contribution >= 0.6 is 0 Å². The summed E-state index contributed by atoms with van der Waals surface area (Å²) in [6.45, 7) is 0.739. The third kappa shape index (κ3) is 1.70. The van der Waals surface area contributed by atoms with Crippen LogP contribution in [0.25, 0.3) is 0 Å². The standard InChI is InChI=1S/C8H16N6/c1-14-8(11-12-13-14)10-7-4-2-3-6(7)5-9/h6-7H,2-5,9H2,1H3,(H,10,11,13). The number of hydrogen-bond donors (Lipinski definition) is 2. The summed E-state index contributed by atoms with van der Waals surface area (Å²) in [5.74, 6) is 1.29. The molecule has 2 rings (SSSR count). The van der Waals surface area contributed by atoms with Crippen LogP contribution in [-0.2, 0) is 7.05 Å². The van der Waals surface area contributed by atoms with Crippen molar-refractivity contribution in [1.82, 2.24) is 20.2 Å². The van der Waals surface area contributed by atoms with Gasteiger partial charge >= 0.3 is 0 Å². The van der Waals surface area contributed by atoms with Gasteiger partial charge in [-0.15, -0.1) is 0 Å². The highest BCUT2D eigenvalue weighted by atomic mass is 15.6. The van der Waals surface area contributed by atoms with Gasteiger partial charge in [-0.2, -0.15) is 0 Å². The second-order valence-electron chi connectivity index (χ2n) is 3.80. The summed E-state index contributed by atoms with van der Waals surface area (Å²) >= 11 is 0. The monoisotopic (exact) mass is 196 g/mol. The van der Waals surface area contributed by atoms with E-state index in [1.165, 1.54) is 12.8 Å². The fourth-order valence-corrected chi connectivity index (χ4v) is 2.03. The van der Waals surface area contributed by atoms with E-state index in [9.17, 15) is 0 Å². The first-order valence-electron chi connectivity index (χ1n) is 5.00. The average molecular weight is 196 g/mol. The van der Waals surface area contributed by atoms with E-state index < -0.39 is 0 Å². The number of anilines is 1. The van der Waals surface area contributed by atoms with E-state index in [4.69, 9.17) is 5.73 Å². The highest BCUT2D eigenvalue weighted by Crippen LogP contribution is 2.26. The Morgan fingerprint density at radius 2 is 2.43 bits per heavy atom. The minimum atomic E-state index is 0.435. The van der Waals surface area contributed by atoms with E-state index in [0.717, 1.165) is 18.9 Å². The number of hydrogen-bond acceptors (Lipinski definition) is 5. The van der Waals surface area contributed by atoms with Crippen LogP contribution in [0.2, 0.25) is 0 Å². The topological polar surface area (TPSA) is 81.7 Å². The van der Waals surface area contributed by atoms with Crippen LogP contribution in [0.5, 0.6) is 0 Å². The van der Waals surface area contributed by atoms with Crippen LogP contribution in [0, 0.1) is 5.92 Å². The zero-order chi connectivity index (χ0) is 9.97. The molecule has 1 saturated carbocycles. The van der Waals surface area contributed by atoms with Crippen LogP contribution in [0.3, 0.4) is 0 Å². The van der Waals surface area contributed by atoms with Crippen LogP contribution < -0.4 is 11.1 Å². The predicted octanol–water partition coefficient (Wildman–Crippen LogP) is -0.251. The molecule has 1 aromatic rings. The molecule has 2 unspecified atom stereocenters. The second-order valence-corrected chi connectivity index (χ2v) is 3.80. The predicted molar refractivity (Wildman–Crippen MR) is 52.6 cm³/mol. The van der Waals surface area contributed by atoms with Gasteiger partial charge < -0.3 is 11.1 Å². The van der Waals surface area contributed by atoms with E-state index in [0.29, 0.717) is 12.0 Å². The first-order chi connectivity index (χ1) is 6.81. The summed E-state index contributed by atoms with van der Waals surface area (Å²) in [5, 5.41) is 14.6. The van der Waals surface area contributed by atoms with Crippen molar-refractivity contribution in [2.75, 3.05) is 11.9 Å². The van der Waals surface area contributed by atoms with Gasteiger partial charge in [0.25, 0.3) is 0 Å². The van der Waals surface area contributed by atoms with Crippen molar-refractivity contribution in [3.05, 3.63) is 0 Å². The molecular weight excluding hydrogens is 180 g/mol. The molecule has 2 atom stereocenters. The first-order valence-corrected chi connectivity index (χ1v) is 5.00. The van der Waals surface area contributed by atoms with E-state index >= 15 is 0 Å². The molecule has 0 bridgehead atoms. The number of tetrazole rings is 1. The smallest absolute Gasteiger partial charge is 0.242 e. The highest BCUT2D eigenvalue weighted by Gasteiger charge is 2.26. The summed E-state index contributed by atoms with van der Waals surface area (Å²) in [5.41, 5.74) is 5.69. The molecule has 0 aliphatic heterocycles. The van der Waals surface area contributed by atoms with Gasteiger partial charge in [-0.3, -0.25) is 0 Å². The lowest BCUT2D eigenvalue weighted by molar-refractivity contribution is 0.511. The van der Waals surface area contributed by atoms with Crippen LogP contribution in [0.1, 0.15) is 19.3 Å². The van der Waals surface area contributed by atoms with Crippen molar-refractivity contribution < 1.29 is 0 Å². The van der Waals surface area contributed by atoms with E-state index in [1.54, 1.807) is 4.68 Å². The van der Waals surface area contributed by atoms with Crippen LogP contribution in [-0.4, -0.2) is 32.8 Å². The van der Waals surface area contributed by atoms with Crippen molar-refractivity contribution in [1.29, 1.82) is 0 Å². The summed E-state index contributed by atoms with van der Waals surface area (Å²) < 4.78 is 1.64. The fraction of sp³-hybridized carbons (Fsp3) is 0.875. The molecule has 14 heavy (non-hydrogen) atoms. The number of nitrogens with one attached hydrogen (secondary N) is 1. The minimum absolute atomic E-state index is 0.435. The Morgan fingerprint density at radius 3 is 3.07 bits per heavy atom. The second kappa shape index (κ2) is 3.91. The maximum Gasteiger partial charge on any atom is 0.242 e. The number of aromatic nitrogens is 4. The first kappa shape index (κ1) is 9.39. The molecule has 3 N–H and O–H groups in total. The SMILES string of the molecule is Cn1nnnc1NC1CCCC1CN. The van der Waals surface area contributed by atoms with Gasteiger partial charge in [-0.25, -0.2) is 4.68 Å². The molecule has 0 aromatic carbocycles. The Balaban J connectivity index is 2.00. The number of aryl methyl sites for hydroxylation is 1. The summed E-state index contributed by atoms with van der Waals surface area (Å²) in [7, 11) is 1.83. The van der Waals surface area contributed by atoms with Crippen molar-refractivity contribution >= 4 is 5.95 Å². The Kier molecular flexibility index (Phi) is 2.62. The Labute approximate surface area is 82.9 Å². The molecule has 6 nitrogen and oxygen atoms in total. The molecule has 1 aliphatic carbocycles. The van der Waals surface area contributed by atoms with Crippen molar-refractivity contribution in [2.45, 2.75) is 25.3 Å². The van der Waals surface area contributed by atoms with Gasteiger partial charge in [-0.05, 0) is 35.7 Å². The largest absolute Gasteiger partial charge is 0.350 e. The maximum absolute atomic E-state index is 5.69. The molecule has 0 radical (unpaired) electrons. The summed E-state index contributed by atoms with van der Waals surface area (Å²) in [6.07, 6.45) is 3.61. The lowest BCUT2D eigenvalue weighted by Crippen LogP contribution is -2.30. The third-order valence-electron chi connectivity index (χ3n) is 2.90. The number of nitrogens with two attached hydrogens (primary N) is 1. The molecule has 1 aliphatic rings. The molecular formula is C8H16N6. The Hall–Kier alpha value is -1.17. The van der Waals surface area contributed by atoms with Gasteiger partial charge in [0.05, 0.1) is 0 Å². The highest BCUT2D eigenvalue weighted by molar-refractivity contribution is 5.24. The van der Waals surface area contributed by atoms with E-state index in [1.807, 2.05) is 7.05 Å². The van der Waals surface area contributed by atoms with Gasteiger partial charge in [0.2, 0.25) is 5.95 Å². The molecule has 0 amide bonds. The van der Waals surface area contributed by atoms with Crippen LogP contribution in [0.4, 0.5) is 5.95 Å². The molecule has 0 saturated heterocycles. The minimum Gasteiger partial charge on any atom is -0.350 e. The normalized spacial score (nSPS) is 26.7. The molecule has 0 spiro atoms. The fourth-order valence-electron chi connectivity index (χ4n) is 2.03. The van der Waals surface area contributed by atoms with Gasteiger partial charge in [0.15, 0.2) is 0 Å². The van der Waals surface area contributed by atoms with Gasteiger partial charge in [-0.1, -0.05) is 11.5 Å². The van der Waals surface area contributed by atoms with Crippen LogP contribution in [0.15, 0.2) is 0 Å². The number of rotatable bonds is 3. The molecule has 78 valence electrons. The molecule has 1 heterocycles. The summed E-state index contributed by atoms with van der Waals surface area (Å²) in [6, 6.07) is 0.435. The summed E-state index contributed by atoms with van der Waals surface area (Å²) in [4.78, 5) is 0. The van der Waals surface area contributed by atoms with E-state index in [-0.39, 0.29) is 0 Å². The molecule has 1 fully saturated rings. The Morgan fingerprint density at radius 1 is 1.57 bits per heavy atom. The maximum atomic E-state index is 5.69. The molecule has 6 heteroatoms.